The smallest absolute Gasteiger partial charge is 0.0950 e. The van der Waals surface area contributed by atoms with E-state index >= 15 is 0 Å². The molecule has 4 heteroatoms. The van der Waals surface area contributed by atoms with Crippen LogP contribution in [0.25, 0.3) is 10.1 Å². The topological polar surface area (TPSA) is 30.3 Å². The molecule has 2 heterocycles. The Hall–Kier alpha value is -1.41. The zero-order chi connectivity index (χ0) is 13.9. The molecule has 0 aliphatic carbocycles. The zero-order valence-electron chi connectivity index (χ0n) is 11.7. The van der Waals surface area contributed by atoms with Crippen LogP contribution in [0.4, 0.5) is 0 Å². The summed E-state index contributed by atoms with van der Waals surface area (Å²) in [4.78, 5) is 4.76. The lowest BCUT2D eigenvalue weighted by atomic mass is 10.1. The monoisotopic (exact) mass is 285 g/mol. The number of benzene rings is 1. The van der Waals surface area contributed by atoms with E-state index in [2.05, 4.69) is 45.5 Å². The zero-order valence-corrected chi connectivity index (χ0v) is 12.6. The molecular weight excluding hydrogens is 266 g/mol. The van der Waals surface area contributed by atoms with Crippen LogP contribution in [0.15, 0.2) is 29.6 Å². The first-order valence-corrected chi connectivity index (χ1v) is 7.97. The number of nitriles is 1. The van der Waals surface area contributed by atoms with Crippen LogP contribution in [0, 0.1) is 11.3 Å². The van der Waals surface area contributed by atoms with E-state index in [-0.39, 0.29) is 6.04 Å². The van der Waals surface area contributed by atoms with E-state index in [1.54, 1.807) is 0 Å². The SMILES string of the molecule is CC(C#N)N1CCN(Cc2csc3ccccc23)CC1. The maximum atomic E-state index is 8.97. The first-order chi connectivity index (χ1) is 9.78. The first-order valence-electron chi connectivity index (χ1n) is 7.09. The van der Waals surface area contributed by atoms with Gasteiger partial charge in [-0.1, -0.05) is 18.2 Å². The van der Waals surface area contributed by atoms with Crippen LogP contribution < -0.4 is 0 Å². The summed E-state index contributed by atoms with van der Waals surface area (Å²) in [5, 5.41) is 12.7. The van der Waals surface area contributed by atoms with Crippen LogP contribution in [0.5, 0.6) is 0 Å². The minimum absolute atomic E-state index is 0.0409. The minimum atomic E-state index is 0.0409. The highest BCUT2D eigenvalue weighted by Crippen LogP contribution is 2.26. The third-order valence-corrected chi connectivity index (χ3v) is 5.11. The quantitative estimate of drug-likeness (QED) is 0.868. The predicted molar refractivity (Wildman–Crippen MR) is 83.8 cm³/mol. The van der Waals surface area contributed by atoms with Crippen molar-refractivity contribution in [3.8, 4) is 6.07 Å². The van der Waals surface area contributed by atoms with Gasteiger partial charge in [0.05, 0.1) is 12.1 Å². The van der Waals surface area contributed by atoms with Crippen LogP contribution >= 0.6 is 11.3 Å². The number of fused-ring (bicyclic) bond motifs is 1. The second-order valence-corrected chi connectivity index (χ2v) is 6.29. The van der Waals surface area contributed by atoms with Crippen LogP contribution in [-0.2, 0) is 6.54 Å². The molecule has 3 nitrogen and oxygen atoms in total. The molecule has 1 aliphatic rings. The summed E-state index contributed by atoms with van der Waals surface area (Å²) in [6, 6.07) is 11.0. The van der Waals surface area contributed by atoms with Crippen LogP contribution in [0.2, 0.25) is 0 Å². The molecule has 1 aromatic carbocycles. The number of piperazine rings is 1. The Morgan fingerprint density at radius 2 is 2.00 bits per heavy atom. The summed E-state index contributed by atoms with van der Waals surface area (Å²) >= 11 is 1.83. The fraction of sp³-hybridized carbons (Fsp3) is 0.438. The first kappa shape index (κ1) is 13.6. The van der Waals surface area contributed by atoms with Crippen molar-refractivity contribution >= 4 is 21.4 Å². The number of thiophene rings is 1. The number of hydrogen-bond donors (Lipinski definition) is 0. The molecule has 0 spiro atoms. The van der Waals surface area contributed by atoms with Gasteiger partial charge in [-0.3, -0.25) is 9.80 Å². The lowest BCUT2D eigenvalue weighted by Crippen LogP contribution is -2.48. The lowest BCUT2D eigenvalue weighted by Gasteiger charge is -2.35. The van der Waals surface area contributed by atoms with Crippen LogP contribution in [-0.4, -0.2) is 42.0 Å². The maximum absolute atomic E-state index is 8.97. The molecule has 0 saturated carbocycles. The Morgan fingerprint density at radius 3 is 2.75 bits per heavy atom. The molecule has 0 radical (unpaired) electrons. The molecule has 2 aromatic rings. The Balaban J connectivity index is 1.64. The average molecular weight is 285 g/mol. The lowest BCUT2D eigenvalue weighted by molar-refractivity contribution is 0.115. The molecule has 0 N–H and O–H groups in total. The van der Waals surface area contributed by atoms with Gasteiger partial charge in [0.2, 0.25) is 0 Å². The van der Waals surface area contributed by atoms with Crippen molar-refractivity contribution in [2.45, 2.75) is 19.5 Å². The maximum Gasteiger partial charge on any atom is 0.0950 e. The van der Waals surface area contributed by atoms with Gasteiger partial charge >= 0.3 is 0 Å². The molecule has 1 atom stereocenters. The molecule has 1 saturated heterocycles. The standard InChI is InChI=1S/C16H19N3S/c1-13(10-17)19-8-6-18(7-9-19)11-14-12-20-16-5-3-2-4-15(14)16/h2-5,12-13H,6-9,11H2,1H3. The number of rotatable bonds is 3. The molecule has 104 valence electrons. The van der Waals surface area contributed by atoms with Gasteiger partial charge in [0.25, 0.3) is 0 Å². The van der Waals surface area contributed by atoms with Gasteiger partial charge in [-0.25, -0.2) is 0 Å². The summed E-state index contributed by atoms with van der Waals surface area (Å²) in [6.07, 6.45) is 0. The van der Waals surface area contributed by atoms with Gasteiger partial charge in [0.15, 0.2) is 0 Å². The van der Waals surface area contributed by atoms with Gasteiger partial charge in [-0.05, 0) is 29.3 Å². The predicted octanol–water partition coefficient (Wildman–Crippen LogP) is 2.93. The highest BCUT2D eigenvalue weighted by Gasteiger charge is 2.21. The van der Waals surface area contributed by atoms with E-state index in [4.69, 9.17) is 5.26 Å². The van der Waals surface area contributed by atoms with Crippen molar-refractivity contribution in [3.63, 3.8) is 0 Å². The number of hydrogen-bond acceptors (Lipinski definition) is 4. The summed E-state index contributed by atoms with van der Waals surface area (Å²) < 4.78 is 1.37. The van der Waals surface area contributed by atoms with Crippen molar-refractivity contribution in [1.29, 1.82) is 5.26 Å². The fourth-order valence-electron chi connectivity index (χ4n) is 2.79. The molecule has 1 fully saturated rings. The van der Waals surface area contributed by atoms with Gasteiger partial charge in [-0.15, -0.1) is 11.3 Å². The van der Waals surface area contributed by atoms with Crippen molar-refractivity contribution < 1.29 is 0 Å². The Morgan fingerprint density at radius 1 is 1.25 bits per heavy atom. The van der Waals surface area contributed by atoms with E-state index in [1.807, 2.05) is 18.3 Å². The van der Waals surface area contributed by atoms with E-state index in [1.165, 1.54) is 15.6 Å². The van der Waals surface area contributed by atoms with Gasteiger partial charge in [0.1, 0.15) is 0 Å². The van der Waals surface area contributed by atoms with E-state index in [0.29, 0.717) is 0 Å². The average Bonchev–Trinajstić information content (AvgIpc) is 2.91. The molecule has 1 aromatic heterocycles. The fourth-order valence-corrected chi connectivity index (χ4v) is 3.74. The summed E-state index contributed by atoms with van der Waals surface area (Å²) in [5.41, 5.74) is 1.44. The van der Waals surface area contributed by atoms with Gasteiger partial charge < -0.3 is 0 Å². The van der Waals surface area contributed by atoms with Crippen molar-refractivity contribution in [2.75, 3.05) is 26.2 Å². The Kier molecular flexibility index (Phi) is 4.02. The largest absolute Gasteiger partial charge is 0.296 e. The highest BCUT2D eigenvalue weighted by atomic mass is 32.1. The molecule has 1 aliphatic heterocycles. The van der Waals surface area contributed by atoms with Gasteiger partial charge in [-0.2, -0.15) is 5.26 Å². The molecule has 0 bridgehead atoms. The summed E-state index contributed by atoms with van der Waals surface area (Å²) in [6.45, 7) is 7.11. The summed E-state index contributed by atoms with van der Waals surface area (Å²) in [5.74, 6) is 0. The molecule has 20 heavy (non-hydrogen) atoms. The summed E-state index contributed by atoms with van der Waals surface area (Å²) in [7, 11) is 0. The van der Waals surface area contributed by atoms with Gasteiger partial charge in [0, 0.05) is 37.4 Å². The normalized spacial score (nSPS) is 19.0. The van der Waals surface area contributed by atoms with Crippen LogP contribution in [0.3, 0.4) is 0 Å². The number of nitrogens with zero attached hydrogens (tertiary/aromatic N) is 3. The van der Waals surface area contributed by atoms with E-state index in [9.17, 15) is 0 Å². The molecular formula is C16H19N3S. The van der Waals surface area contributed by atoms with Crippen molar-refractivity contribution in [3.05, 3.63) is 35.2 Å². The minimum Gasteiger partial charge on any atom is -0.296 e. The second-order valence-electron chi connectivity index (χ2n) is 5.37. The third-order valence-electron chi connectivity index (χ3n) is 4.10. The van der Waals surface area contributed by atoms with Crippen molar-refractivity contribution in [2.24, 2.45) is 0 Å². The Bertz CT molecular complexity index is 620. The third kappa shape index (κ3) is 2.71. The van der Waals surface area contributed by atoms with Crippen LogP contribution in [0.1, 0.15) is 12.5 Å². The second kappa shape index (κ2) is 5.92. The van der Waals surface area contributed by atoms with Crippen molar-refractivity contribution in [1.82, 2.24) is 9.80 Å². The van der Waals surface area contributed by atoms with E-state index < -0.39 is 0 Å². The molecule has 0 amide bonds. The molecule has 3 rings (SSSR count). The molecule has 1 unspecified atom stereocenters. The Labute approximate surface area is 124 Å². The highest BCUT2D eigenvalue weighted by molar-refractivity contribution is 7.17. The van der Waals surface area contributed by atoms with E-state index in [0.717, 1.165) is 32.7 Å².